The summed E-state index contributed by atoms with van der Waals surface area (Å²) in [6.45, 7) is 5.47. The van der Waals surface area contributed by atoms with Crippen LogP contribution in [0.4, 0.5) is 0 Å². The molecule has 0 fully saturated rings. The van der Waals surface area contributed by atoms with Crippen molar-refractivity contribution in [3.63, 3.8) is 0 Å². The summed E-state index contributed by atoms with van der Waals surface area (Å²) in [5.74, 6) is -0.432. The number of carbonyl (C=O) groups excluding carboxylic acids is 1. The second-order valence-corrected chi connectivity index (χ2v) is 1.87. The molecule has 0 heterocycles. The number of hydroxylamine groups is 1. The standard InChI is InChI=1S/C6H12N2O2/c1-3-5-8(10)7-6(9)4-2/h4,8H,2-3,5H2,1H3,(H,7,9). The predicted molar refractivity (Wildman–Crippen MR) is 37.8 cm³/mol. The van der Waals surface area contributed by atoms with Gasteiger partial charge in [-0.3, -0.25) is 9.97 Å². The summed E-state index contributed by atoms with van der Waals surface area (Å²) < 4.78 is 0. The molecule has 0 bridgehead atoms. The summed E-state index contributed by atoms with van der Waals surface area (Å²) in [4.78, 5) is 10.4. The van der Waals surface area contributed by atoms with Crippen molar-refractivity contribution < 1.29 is 9.97 Å². The lowest BCUT2D eigenvalue weighted by atomic mass is 10.5. The Morgan fingerprint density at radius 1 is 1.90 bits per heavy atom. The molecule has 4 heteroatoms. The fourth-order valence-electron chi connectivity index (χ4n) is 0.478. The van der Waals surface area contributed by atoms with Crippen molar-refractivity contribution >= 4 is 5.91 Å². The smallest absolute Gasteiger partial charge is 0.288 e. The molecule has 1 unspecified atom stereocenters. The van der Waals surface area contributed by atoms with Gasteiger partial charge in [0.2, 0.25) is 0 Å². The molecule has 0 aliphatic carbocycles. The van der Waals surface area contributed by atoms with Crippen molar-refractivity contribution in [2.75, 3.05) is 6.54 Å². The van der Waals surface area contributed by atoms with Crippen LogP contribution in [-0.2, 0) is 4.79 Å². The van der Waals surface area contributed by atoms with E-state index in [0.29, 0.717) is 6.54 Å². The van der Waals surface area contributed by atoms with Gasteiger partial charge < -0.3 is 5.21 Å². The zero-order chi connectivity index (χ0) is 7.98. The minimum atomic E-state index is -0.432. The molecule has 0 saturated carbocycles. The second-order valence-electron chi connectivity index (χ2n) is 1.87. The highest BCUT2D eigenvalue weighted by Gasteiger charge is 1.97. The molecule has 0 aromatic carbocycles. The van der Waals surface area contributed by atoms with Crippen molar-refractivity contribution in [1.82, 2.24) is 5.43 Å². The number of hydrogen-bond acceptors (Lipinski definition) is 2. The third-order valence-electron chi connectivity index (χ3n) is 0.925. The van der Waals surface area contributed by atoms with Crippen molar-refractivity contribution in [2.45, 2.75) is 13.3 Å². The van der Waals surface area contributed by atoms with Crippen LogP contribution in [0.1, 0.15) is 13.3 Å². The molecular weight excluding hydrogens is 132 g/mol. The van der Waals surface area contributed by atoms with Crippen molar-refractivity contribution in [1.29, 1.82) is 0 Å². The molecule has 2 N–H and O–H groups in total. The van der Waals surface area contributed by atoms with Crippen LogP contribution in [0.2, 0.25) is 0 Å². The Bertz CT molecular complexity index is 125. The van der Waals surface area contributed by atoms with Gasteiger partial charge in [-0.2, -0.15) is 5.43 Å². The Morgan fingerprint density at radius 3 is 2.90 bits per heavy atom. The fourth-order valence-corrected chi connectivity index (χ4v) is 0.478. The van der Waals surface area contributed by atoms with E-state index in [2.05, 4.69) is 12.0 Å². The molecule has 0 aliphatic heterocycles. The van der Waals surface area contributed by atoms with E-state index < -0.39 is 5.91 Å². The highest BCUT2D eigenvalue weighted by atomic mass is 16.5. The number of hydrogen-bond donors (Lipinski definition) is 2. The van der Waals surface area contributed by atoms with Crippen LogP contribution >= 0.6 is 0 Å². The Hall–Kier alpha value is -0.870. The van der Waals surface area contributed by atoms with Crippen LogP contribution in [0, 0.1) is 5.21 Å². The topological polar surface area (TPSA) is 56.6 Å². The van der Waals surface area contributed by atoms with Crippen LogP contribution in [0.25, 0.3) is 0 Å². The Balaban J connectivity index is 3.46. The normalized spacial score (nSPS) is 12.2. The minimum absolute atomic E-state index is 0.243. The Morgan fingerprint density at radius 2 is 2.50 bits per heavy atom. The Labute approximate surface area is 60.1 Å². The molecule has 0 aromatic heterocycles. The number of quaternary nitrogens is 1. The van der Waals surface area contributed by atoms with Gasteiger partial charge >= 0.3 is 0 Å². The lowest BCUT2D eigenvalue weighted by Crippen LogP contribution is -3.14. The lowest BCUT2D eigenvalue weighted by molar-refractivity contribution is -0.886. The zero-order valence-electron chi connectivity index (χ0n) is 6.02. The quantitative estimate of drug-likeness (QED) is 0.392. The van der Waals surface area contributed by atoms with Crippen LogP contribution in [-0.4, -0.2) is 12.5 Å². The summed E-state index contributed by atoms with van der Waals surface area (Å²) in [6.07, 6.45) is 1.82. The van der Waals surface area contributed by atoms with Crippen molar-refractivity contribution in [3.05, 3.63) is 17.9 Å². The van der Waals surface area contributed by atoms with Gasteiger partial charge in [-0.25, -0.2) is 0 Å². The van der Waals surface area contributed by atoms with Gasteiger partial charge in [0.25, 0.3) is 5.91 Å². The molecule has 0 rings (SSSR count). The van der Waals surface area contributed by atoms with Gasteiger partial charge in [-0.1, -0.05) is 13.5 Å². The van der Waals surface area contributed by atoms with Gasteiger partial charge in [0.15, 0.2) is 0 Å². The first-order valence-electron chi connectivity index (χ1n) is 3.17. The summed E-state index contributed by atoms with van der Waals surface area (Å²) >= 11 is 0. The minimum Gasteiger partial charge on any atom is -0.608 e. The fraction of sp³-hybridized carbons (Fsp3) is 0.500. The molecule has 10 heavy (non-hydrogen) atoms. The number of amides is 1. The first-order valence-corrected chi connectivity index (χ1v) is 3.17. The largest absolute Gasteiger partial charge is 0.608 e. The summed E-state index contributed by atoms with van der Waals surface area (Å²) in [5, 5.41) is 10.4. The lowest BCUT2D eigenvalue weighted by Gasteiger charge is -2.19. The zero-order valence-corrected chi connectivity index (χ0v) is 6.02. The number of rotatable bonds is 4. The van der Waals surface area contributed by atoms with E-state index in [1.165, 1.54) is 0 Å². The molecular formula is C6H12N2O2. The van der Waals surface area contributed by atoms with Gasteiger partial charge in [0.1, 0.15) is 0 Å². The first kappa shape index (κ1) is 9.13. The maximum Gasteiger partial charge on any atom is 0.288 e. The average Bonchev–Trinajstić information content (AvgIpc) is 1.88. The molecule has 58 valence electrons. The van der Waals surface area contributed by atoms with Gasteiger partial charge in [0, 0.05) is 6.08 Å². The van der Waals surface area contributed by atoms with Crippen LogP contribution in [0.3, 0.4) is 0 Å². The maximum atomic E-state index is 10.6. The van der Waals surface area contributed by atoms with Gasteiger partial charge in [0.05, 0.1) is 6.54 Å². The van der Waals surface area contributed by atoms with E-state index in [1.807, 2.05) is 6.92 Å². The van der Waals surface area contributed by atoms with E-state index in [4.69, 9.17) is 0 Å². The summed E-state index contributed by atoms with van der Waals surface area (Å²) in [5.41, 5.74) is 2.13. The highest BCUT2D eigenvalue weighted by Crippen LogP contribution is 1.62. The highest BCUT2D eigenvalue weighted by molar-refractivity contribution is 5.85. The molecule has 0 spiro atoms. The third kappa shape index (κ3) is 4.05. The Kier molecular flexibility index (Phi) is 4.53. The monoisotopic (exact) mass is 144 g/mol. The molecule has 0 aliphatic rings. The second kappa shape index (κ2) is 4.96. The molecule has 0 saturated heterocycles. The van der Waals surface area contributed by atoms with E-state index >= 15 is 0 Å². The van der Waals surface area contributed by atoms with Crippen molar-refractivity contribution in [2.24, 2.45) is 0 Å². The molecule has 0 radical (unpaired) electrons. The average molecular weight is 144 g/mol. The number of nitrogens with one attached hydrogen (secondary N) is 2. The first-order chi connectivity index (χ1) is 4.70. The van der Waals surface area contributed by atoms with Gasteiger partial charge in [-0.15, -0.1) is 0 Å². The van der Waals surface area contributed by atoms with Crippen LogP contribution < -0.4 is 10.6 Å². The van der Waals surface area contributed by atoms with E-state index in [0.717, 1.165) is 12.5 Å². The molecule has 0 aromatic rings. The van der Waals surface area contributed by atoms with Crippen molar-refractivity contribution in [3.8, 4) is 0 Å². The predicted octanol–water partition coefficient (Wildman–Crippen LogP) is -1.00. The van der Waals surface area contributed by atoms with Crippen LogP contribution in [0.5, 0.6) is 0 Å². The number of carbonyl (C=O) groups is 1. The summed E-state index contributed by atoms with van der Waals surface area (Å²) in [6, 6.07) is 0. The third-order valence-corrected chi connectivity index (χ3v) is 0.925. The molecule has 1 amide bonds. The SMILES string of the molecule is C=CC(=O)N[NH+]([O-])CCC. The van der Waals surface area contributed by atoms with Crippen LogP contribution in [0.15, 0.2) is 12.7 Å². The van der Waals surface area contributed by atoms with E-state index in [9.17, 15) is 10.0 Å². The maximum absolute atomic E-state index is 10.6. The van der Waals surface area contributed by atoms with E-state index in [-0.39, 0.29) is 5.17 Å². The van der Waals surface area contributed by atoms with Gasteiger partial charge in [-0.05, 0) is 6.42 Å². The van der Waals surface area contributed by atoms with E-state index in [1.54, 1.807) is 0 Å². The molecule has 1 atom stereocenters. The summed E-state index contributed by atoms with van der Waals surface area (Å²) in [7, 11) is 0. The molecule has 4 nitrogen and oxygen atoms in total.